The van der Waals surface area contributed by atoms with Gasteiger partial charge in [0.1, 0.15) is 8.24 Å². The minimum absolute atomic E-state index is 0.106. The Morgan fingerprint density at radius 2 is 1.08 bits per heavy atom. The van der Waals surface area contributed by atoms with Crippen molar-refractivity contribution in [2.75, 3.05) is 18.2 Å². The Labute approximate surface area is 240 Å². The minimum Gasteiger partial charge on any atom is -0.418 e. The number of nitrogens with one attached hydrogen (secondary N) is 2. The lowest BCUT2D eigenvalue weighted by Gasteiger charge is -2.46. The molecule has 7 atom stereocenters. The van der Waals surface area contributed by atoms with Crippen LogP contribution in [0.3, 0.4) is 0 Å². The van der Waals surface area contributed by atoms with Crippen LogP contribution in [-0.4, -0.2) is 51.9 Å². The van der Waals surface area contributed by atoms with Gasteiger partial charge in [-0.2, -0.15) is 0 Å². The molecule has 2 rings (SSSR count). The van der Waals surface area contributed by atoms with E-state index in [0.29, 0.717) is 28.8 Å². The van der Waals surface area contributed by atoms with Crippen LogP contribution < -0.4 is 9.96 Å². The van der Waals surface area contributed by atoms with E-state index in [9.17, 15) is 0 Å². The van der Waals surface area contributed by atoms with Crippen LogP contribution in [0.15, 0.2) is 30.3 Å². The van der Waals surface area contributed by atoms with Gasteiger partial charge in [-0.05, 0) is 113 Å². The molecule has 4 nitrogen and oxygen atoms in total. The molecule has 8 heteroatoms. The second-order valence-corrected chi connectivity index (χ2v) is 33.3. The molecule has 1 aromatic rings. The van der Waals surface area contributed by atoms with Gasteiger partial charge in [-0.3, -0.25) is 0 Å². The Balaban J connectivity index is 2.45. The molecule has 1 saturated carbocycles. The summed E-state index contributed by atoms with van der Waals surface area (Å²) in [5.74, 6) is 2.04. The molecule has 0 amide bonds. The van der Waals surface area contributed by atoms with Crippen molar-refractivity contribution in [3.63, 3.8) is 0 Å². The largest absolute Gasteiger partial charge is 0.418 e. The van der Waals surface area contributed by atoms with Crippen LogP contribution in [0.25, 0.3) is 0 Å². The Morgan fingerprint density at radius 3 is 1.50 bits per heavy atom. The summed E-state index contributed by atoms with van der Waals surface area (Å²) >= 11 is 0. The highest BCUT2D eigenvalue weighted by atomic mass is 28.4. The Hall–Kier alpha value is -0.232. The molecule has 1 aliphatic carbocycles. The average molecular weight is 595 g/mol. The molecule has 1 fully saturated rings. The number of rotatable bonds is 13. The molecule has 1 aliphatic rings. The highest BCUT2D eigenvalue weighted by Gasteiger charge is 2.58. The van der Waals surface area contributed by atoms with Gasteiger partial charge in [-0.25, -0.2) is 0 Å². The van der Waals surface area contributed by atoms with Crippen LogP contribution in [0.5, 0.6) is 0 Å². The number of para-hydroxylation sites is 1. The normalized spacial score (nSPS) is 28.1. The smallest absolute Gasteiger partial charge is 0.183 e. The van der Waals surface area contributed by atoms with Gasteiger partial charge < -0.3 is 18.8 Å². The van der Waals surface area contributed by atoms with Crippen LogP contribution in [0, 0.1) is 17.8 Å². The van der Waals surface area contributed by atoms with Crippen molar-refractivity contribution in [1.82, 2.24) is 4.98 Å². The summed E-state index contributed by atoms with van der Waals surface area (Å²) in [6.45, 7) is 35.7. The molecule has 220 valence electrons. The summed E-state index contributed by atoms with van der Waals surface area (Å²) in [6.07, 6.45) is 0. The summed E-state index contributed by atoms with van der Waals surface area (Å²) in [7, 11) is -6.92. The van der Waals surface area contributed by atoms with E-state index in [2.05, 4.69) is 134 Å². The maximum absolute atomic E-state index is 6.48. The highest BCUT2D eigenvalue weighted by molar-refractivity contribution is 6.84. The summed E-state index contributed by atoms with van der Waals surface area (Å²) in [6, 6.07) is 13.3. The molecular weight excluding hydrogens is 533 g/mol. The molecule has 38 heavy (non-hydrogen) atoms. The van der Waals surface area contributed by atoms with E-state index in [1.807, 2.05) is 0 Å². The Kier molecular flexibility index (Phi) is 11.4. The zero-order valence-corrected chi connectivity index (χ0v) is 31.4. The molecule has 0 heterocycles. The van der Waals surface area contributed by atoms with Crippen molar-refractivity contribution >= 4 is 38.8 Å². The van der Waals surface area contributed by atoms with Gasteiger partial charge in [-0.1, -0.05) is 52.1 Å². The van der Waals surface area contributed by atoms with Crippen molar-refractivity contribution < 1.29 is 8.85 Å². The van der Waals surface area contributed by atoms with Gasteiger partial charge in [0.05, 0.1) is 0 Å². The van der Waals surface area contributed by atoms with Crippen LogP contribution in [-0.2, 0) is 8.85 Å². The van der Waals surface area contributed by atoms with Gasteiger partial charge in [0.2, 0.25) is 0 Å². The molecule has 2 N–H and O–H groups in total. The highest BCUT2D eigenvalue weighted by Crippen LogP contribution is 2.60. The van der Waals surface area contributed by atoms with E-state index in [1.165, 1.54) is 11.7 Å². The van der Waals surface area contributed by atoms with Gasteiger partial charge in [-0.15, -0.1) is 0 Å². The lowest BCUT2D eigenvalue weighted by Crippen LogP contribution is -2.61. The first-order valence-electron chi connectivity index (χ1n) is 15.1. The third kappa shape index (κ3) is 9.70. The SMILES string of the molecule is CC1C(C)C([Si](C)(CCO[Si](C)(C)C)NC(C)(C)C)C(C)C1[Si](C)(CCO[Si](C)(C)C)Nc1ccccc1. The zero-order chi connectivity index (χ0) is 29.2. The number of anilines is 1. The number of benzene rings is 1. The van der Waals surface area contributed by atoms with Gasteiger partial charge in [0.15, 0.2) is 24.9 Å². The van der Waals surface area contributed by atoms with Crippen LogP contribution >= 0.6 is 0 Å². The molecule has 0 bridgehead atoms. The molecule has 0 spiro atoms. The van der Waals surface area contributed by atoms with E-state index < -0.39 is 33.1 Å². The van der Waals surface area contributed by atoms with E-state index in [4.69, 9.17) is 8.85 Å². The minimum atomic E-state index is -1.95. The summed E-state index contributed by atoms with van der Waals surface area (Å²) in [5, 5.41) is 0. The Morgan fingerprint density at radius 1 is 0.658 bits per heavy atom. The third-order valence-corrected chi connectivity index (χ3v) is 20.6. The molecule has 0 aliphatic heterocycles. The van der Waals surface area contributed by atoms with Crippen LogP contribution in [0.1, 0.15) is 41.5 Å². The molecule has 1 aromatic carbocycles. The van der Waals surface area contributed by atoms with E-state index in [-0.39, 0.29) is 5.54 Å². The number of hydrogen-bond acceptors (Lipinski definition) is 4. The second kappa shape index (κ2) is 12.7. The second-order valence-electron chi connectivity index (χ2n) is 15.8. The molecule has 0 saturated heterocycles. The van der Waals surface area contributed by atoms with Crippen molar-refractivity contribution in [2.45, 2.75) is 123 Å². The summed E-state index contributed by atoms with van der Waals surface area (Å²) in [4.78, 5) is 8.48. The fourth-order valence-corrected chi connectivity index (χ4v) is 20.2. The maximum Gasteiger partial charge on any atom is 0.183 e. The van der Waals surface area contributed by atoms with E-state index in [0.717, 1.165) is 19.3 Å². The molecule has 7 unspecified atom stereocenters. The first kappa shape index (κ1) is 34.0. The summed E-state index contributed by atoms with van der Waals surface area (Å²) < 4.78 is 13.0. The van der Waals surface area contributed by atoms with E-state index in [1.54, 1.807) is 0 Å². The van der Waals surface area contributed by atoms with E-state index >= 15 is 0 Å². The summed E-state index contributed by atoms with van der Waals surface area (Å²) in [5.41, 5.74) is 2.80. The standard InChI is InChI=1S/C30H62N2O2Si4/c1-24-25(2)29(38(14,32-30(4,5)6)23-21-34-36(10,11)12)26(3)28(24)37(13,22-20-33-35(7,8)9)31-27-18-16-15-17-19-27/h15-19,24-26,28-29,31-32H,20-23H2,1-14H3. The van der Waals surface area contributed by atoms with Crippen molar-refractivity contribution in [1.29, 1.82) is 0 Å². The topological polar surface area (TPSA) is 42.5 Å². The monoisotopic (exact) mass is 594 g/mol. The third-order valence-electron chi connectivity index (χ3n) is 8.74. The fraction of sp³-hybridized carbons (Fsp3) is 0.800. The zero-order valence-electron chi connectivity index (χ0n) is 27.4. The first-order valence-corrected chi connectivity index (χ1v) is 27.5. The fourth-order valence-electron chi connectivity index (χ4n) is 7.63. The van der Waals surface area contributed by atoms with Crippen molar-refractivity contribution in [3.05, 3.63) is 30.3 Å². The molecule has 0 radical (unpaired) electrons. The lowest BCUT2D eigenvalue weighted by molar-refractivity contribution is 0.326. The molecule has 0 aromatic heterocycles. The lowest BCUT2D eigenvalue weighted by atomic mass is 10.0. The van der Waals surface area contributed by atoms with Crippen molar-refractivity contribution in [2.24, 2.45) is 17.8 Å². The first-order chi connectivity index (χ1) is 17.2. The Bertz CT molecular complexity index is 868. The maximum atomic E-state index is 6.48. The molecular formula is C30H62N2O2Si4. The van der Waals surface area contributed by atoms with Gasteiger partial charge >= 0.3 is 0 Å². The van der Waals surface area contributed by atoms with Crippen LogP contribution in [0.4, 0.5) is 5.69 Å². The quantitative estimate of drug-likeness (QED) is 0.224. The average Bonchev–Trinajstić information content (AvgIpc) is 2.94. The van der Waals surface area contributed by atoms with Crippen molar-refractivity contribution in [3.8, 4) is 0 Å². The predicted octanol–water partition coefficient (Wildman–Crippen LogP) is 9.00. The van der Waals surface area contributed by atoms with Gasteiger partial charge in [0.25, 0.3) is 0 Å². The van der Waals surface area contributed by atoms with Crippen LogP contribution in [0.2, 0.25) is 75.5 Å². The van der Waals surface area contributed by atoms with Gasteiger partial charge in [0, 0.05) is 24.4 Å². The predicted molar refractivity (Wildman–Crippen MR) is 179 cm³/mol. The number of hydrogen-bond donors (Lipinski definition) is 2.